The van der Waals surface area contributed by atoms with Crippen LogP contribution in [0.2, 0.25) is 0 Å². The molecule has 0 saturated carbocycles. The second kappa shape index (κ2) is 4.28. The Morgan fingerprint density at radius 2 is 2.00 bits per heavy atom. The van der Waals surface area contributed by atoms with Crippen molar-refractivity contribution in [2.75, 3.05) is 6.54 Å². The summed E-state index contributed by atoms with van der Waals surface area (Å²) in [7, 11) is 0. The summed E-state index contributed by atoms with van der Waals surface area (Å²) in [6, 6.07) is 10.2. The molecule has 3 heteroatoms. The highest BCUT2D eigenvalue weighted by Gasteiger charge is 2.07. The molecule has 0 saturated heterocycles. The zero-order chi connectivity index (χ0) is 10.7. The monoisotopic (exact) mass is 201 g/mol. The second-order valence-corrected chi connectivity index (χ2v) is 3.53. The lowest BCUT2D eigenvalue weighted by Gasteiger charge is -2.08. The first-order valence-corrected chi connectivity index (χ1v) is 5.10. The Hall–Kier alpha value is -1.61. The van der Waals surface area contributed by atoms with Crippen molar-refractivity contribution in [1.29, 1.82) is 0 Å². The third-order valence-corrected chi connectivity index (χ3v) is 2.44. The predicted octanol–water partition coefficient (Wildman–Crippen LogP) is 1.82. The molecule has 0 unspecified atom stereocenters. The first-order valence-electron chi connectivity index (χ1n) is 5.10. The van der Waals surface area contributed by atoms with E-state index in [1.807, 2.05) is 24.4 Å². The fraction of sp³-hybridized carbons (Fsp3) is 0.250. The second-order valence-electron chi connectivity index (χ2n) is 3.53. The third-order valence-electron chi connectivity index (χ3n) is 2.44. The first-order chi connectivity index (χ1) is 7.33. The molecule has 0 bridgehead atoms. The Balaban J connectivity index is 2.44. The Morgan fingerprint density at radius 3 is 2.67 bits per heavy atom. The molecule has 2 rings (SSSR count). The summed E-state index contributed by atoms with van der Waals surface area (Å²) in [5.74, 6) is 0.999. The number of benzene rings is 1. The van der Waals surface area contributed by atoms with Crippen molar-refractivity contribution in [3.05, 3.63) is 42.2 Å². The van der Waals surface area contributed by atoms with Crippen LogP contribution < -0.4 is 5.73 Å². The van der Waals surface area contributed by atoms with E-state index >= 15 is 0 Å². The van der Waals surface area contributed by atoms with Crippen LogP contribution in [0.25, 0.3) is 11.4 Å². The lowest BCUT2D eigenvalue weighted by molar-refractivity contribution is 0.696. The van der Waals surface area contributed by atoms with E-state index in [0.717, 1.165) is 23.6 Å². The minimum absolute atomic E-state index is 0.636. The average Bonchev–Trinajstić information content (AvgIpc) is 2.63. The summed E-state index contributed by atoms with van der Waals surface area (Å²) >= 11 is 0. The number of imidazole rings is 1. The molecule has 0 aliphatic rings. The third kappa shape index (κ3) is 1.92. The van der Waals surface area contributed by atoms with E-state index in [4.69, 9.17) is 5.73 Å². The smallest absolute Gasteiger partial charge is 0.140 e. The number of hydrogen-bond donors (Lipinski definition) is 1. The van der Waals surface area contributed by atoms with Crippen molar-refractivity contribution >= 4 is 0 Å². The molecule has 0 aliphatic carbocycles. The minimum Gasteiger partial charge on any atom is -0.329 e. The maximum atomic E-state index is 5.59. The van der Waals surface area contributed by atoms with Crippen LogP contribution >= 0.6 is 0 Å². The SMILES string of the molecule is Cc1cnc(-c2ccccc2)n1CCN. The van der Waals surface area contributed by atoms with Crippen molar-refractivity contribution in [2.24, 2.45) is 5.73 Å². The summed E-state index contributed by atoms with van der Waals surface area (Å²) in [6.45, 7) is 3.50. The number of hydrogen-bond acceptors (Lipinski definition) is 2. The molecule has 0 fully saturated rings. The molecule has 1 heterocycles. The zero-order valence-corrected chi connectivity index (χ0v) is 8.85. The number of nitrogens with zero attached hydrogens (tertiary/aromatic N) is 2. The minimum atomic E-state index is 0.636. The summed E-state index contributed by atoms with van der Waals surface area (Å²) < 4.78 is 2.15. The van der Waals surface area contributed by atoms with E-state index in [-0.39, 0.29) is 0 Å². The molecule has 0 atom stereocenters. The molecule has 2 aromatic rings. The highest BCUT2D eigenvalue weighted by atomic mass is 15.1. The van der Waals surface area contributed by atoms with Gasteiger partial charge in [0.2, 0.25) is 0 Å². The molecule has 0 aliphatic heterocycles. The van der Waals surface area contributed by atoms with Gasteiger partial charge in [-0.3, -0.25) is 0 Å². The Morgan fingerprint density at radius 1 is 1.27 bits per heavy atom. The number of aromatic nitrogens is 2. The highest BCUT2D eigenvalue weighted by molar-refractivity contribution is 5.55. The quantitative estimate of drug-likeness (QED) is 0.823. The van der Waals surface area contributed by atoms with E-state index in [0.29, 0.717) is 6.54 Å². The lowest BCUT2D eigenvalue weighted by atomic mass is 10.2. The van der Waals surface area contributed by atoms with Gasteiger partial charge in [-0.2, -0.15) is 0 Å². The van der Waals surface area contributed by atoms with Crippen LogP contribution in [0.1, 0.15) is 5.69 Å². The van der Waals surface area contributed by atoms with Crippen LogP contribution in [-0.2, 0) is 6.54 Å². The normalized spacial score (nSPS) is 10.5. The van der Waals surface area contributed by atoms with Crippen molar-refractivity contribution in [3.63, 3.8) is 0 Å². The largest absolute Gasteiger partial charge is 0.329 e. The molecule has 0 spiro atoms. The van der Waals surface area contributed by atoms with Crippen LogP contribution in [-0.4, -0.2) is 16.1 Å². The van der Waals surface area contributed by atoms with Gasteiger partial charge in [-0.15, -0.1) is 0 Å². The van der Waals surface area contributed by atoms with Crippen LogP contribution in [0.3, 0.4) is 0 Å². The summed E-state index contributed by atoms with van der Waals surface area (Å²) in [6.07, 6.45) is 1.89. The van der Waals surface area contributed by atoms with Gasteiger partial charge in [-0.05, 0) is 6.92 Å². The Labute approximate surface area is 89.6 Å². The molecule has 2 N–H and O–H groups in total. The molecule has 1 aromatic carbocycles. The summed E-state index contributed by atoms with van der Waals surface area (Å²) in [5.41, 5.74) is 7.88. The number of nitrogens with two attached hydrogens (primary N) is 1. The van der Waals surface area contributed by atoms with Crippen molar-refractivity contribution in [1.82, 2.24) is 9.55 Å². The molecule has 15 heavy (non-hydrogen) atoms. The Bertz CT molecular complexity index is 431. The van der Waals surface area contributed by atoms with Gasteiger partial charge in [0.05, 0.1) is 0 Å². The standard InChI is InChI=1S/C12H15N3/c1-10-9-14-12(15(10)8-7-13)11-5-3-2-4-6-11/h2-6,9H,7-8,13H2,1H3. The molecule has 3 nitrogen and oxygen atoms in total. The molecular weight excluding hydrogens is 186 g/mol. The maximum absolute atomic E-state index is 5.59. The fourth-order valence-corrected chi connectivity index (χ4v) is 1.69. The fourth-order valence-electron chi connectivity index (χ4n) is 1.69. The van der Waals surface area contributed by atoms with Crippen LogP contribution in [0.5, 0.6) is 0 Å². The number of aryl methyl sites for hydroxylation is 1. The average molecular weight is 201 g/mol. The summed E-state index contributed by atoms with van der Waals surface area (Å²) in [5, 5.41) is 0. The van der Waals surface area contributed by atoms with Gasteiger partial charge in [0.1, 0.15) is 5.82 Å². The van der Waals surface area contributed by atoms with Gasteiger partial charge in [-0.25, -0.2) is 4.98 Å². The van der Waals surface area contributed by atoms with Crippen molar-refractivity contribution < 1.29 is 0 Å². The van der Waals surface area contributed by atoms with Crippen molar-refractivity contribution in [2.45, 2.75) is 13.5 Å². The Kier molecular flexibility index (Phi) is 2.83. The van der Waals surface area contributed by atoms with E-state index in [9.17, 15) is 0 Å². The van der Waals surface area contributed by atoms with E-state index in [1.54, 1.807) is 0 Å². The molecule has 78 valence electrons. The topological polar surface area (TPSA) is 43.8 Å². The molecular formula is C12H15N3. The van der Waals surface area contributed by atoms with Gasteiger partial charge >= 0.3 is 0 Å². The van der Waals surface area contributed by atoms with Crippen molar-refractivity contribution in [3.8, 4) is 11.4 Å². The molecule has 1 aromatic heterocycles. The molecule has 0 radical (unpaired) electrons. The van der Waals surface area contributed by atoms with Crippen LogP contribution in [0.4, 0.5) is 0 Å². The van der Waals surface area contributed by atoms with Gasteiger partial charge in [0, 0.05) is 30.5 Å². The lowest BCUT2D eigenvalue weighted by Crippen LogP contribution is -2.12. The summed E-state index contributed by atoms with van der Waals surface area (Å²) in [4.78, 5) is 4.41. The van der Waals surface area contributed by atoms with Crippen LogP contribution in [0, 0.1) is 6.92 Å². The van der Waals surface area contributed by atoms with Gasteiger partial charge in [0.25, 0.3) is 0 Å². The van der Waals surface area contributed by atoms with Gasteiger partial charge in [-0.1, -0.05) is 30.3 Å². The highest BCUT2D eigenvalue weighted by Crippen LogP contribution is 2.18. The predicted molar refractivity (Wildman–Crippen MR) is 61.5 cm³/mol. The number of rotatable bonds is 3. The molecule has 0 amide bonds. The van der Waals surface area contributed by atoms with Gasteiger partial charge in [0.15, 0.2) is 0 Å². The van der Waals surface area contributed by atoms with Crippen LogP contribution in [0.15, 0.2) is 36.5 Å². The van der Waals surface area contributed by atoms with Gasteiger partial charge < -0.3 is 10.3 Å². The van der Waals surface area contributed by atoms with E-state index in [2.05, 4.69) is 28.6 Å². The first kappa shape index (κ1) is 9.93. The van der Waals surface area contributed by atoms with E-state index < -0.39 is 0 Å². The van der Waals surface area contributed by atoms with E-state index in [1.165, 1.54) is 0 Å². The maximum Gasteiger partial charge on any atom is 0.140 e. The zero-order valence-electron chi connectivity index (χ0n) is 8.85.